The van der Waals surface area contributed by atoms with Gasteiger partial charge in [0.2, 0.25) is 29.5 Å². The highest BCUT2D eigenvalue weighted by Gasteiger charge is 2.41. The van der Waals surface area contributed by atoms with Gasteiger partial charge in [0.1, 0.15) is 30.2 Å². The second-order valence-electron chi connectivity index (χ2n) is 12.0. The van der Waals surface area contributed by atoms with Crippen LogP contribution in [0.15, 0.2) is 30.5 Å². The third kappa shape index (κ3) is 7.74. The van der Waals surface area contributed by atoms with Crippen molar-refractivity contribution < 1.29 is 33.9 Å². The van der Waals surface area contributed by atoms with Crippen LogP contribution in [0.3, 0.4) is 0 Å². The van der Waals surface area contributed by atoms with Gasteiger partial charge in [-0.25, -0.2) is 0 Å². The summed E-state index contributed by atoms with van der Waals surface area (Å²) < 4.78 is 0. The van der Waals surface area contributed by atoms with Crippen LogP contribution < -0.4 is 21.3 Å². The molecule has 2 aliphatic heterocycles. The maximum atomic E-state index is 13.8. The number of aliphatic carboxylic acids is 1. The number of nitrogens with one attached hydrogen (secondary N) is 5. The molecule has 5 amide bonds. The highest BCUT2D eigenvalue weighted by atomic mass is 16.4. The van der Waals surface area contributed by atoms with Crippen molar-refractivity contribution in [2.45, 2.75) is 95.9 Å². The first-order valence-electron chi connectivity index (χ1n) is 15.3. The Hall–Kier alpha value is -4.42. The zero-order valence-electron chi connectivity index (χ0n) is 25.4. The van der Waals surface area contributed by atoms with Crippen molar-refractivity contribution in [2.24, 2.45) is 5.92 Å². The summed E-state index contributed by atoms with van der Waals surface area (Å²) in [7, 11) is 0. The number of nitrogens with zero attached hydrogens (tertiary/aromatic N) is 1. The van der Waals surface area contributed by atoms with Crippen LogP contribution in [0.1, 0.15) is 64.9 Å². The summed E-state index contributed by atoms with van der Waals surface area (Å²) in [6, 6.07) is 1.88. The number of hydrogen-bond acceptors (Lipinski definition) is 6. The van der Waals surface area contributed by atoms with Crippen molar-refractivity contribution in [2.75, 3.05) is 6.54 Å². The second-order valence-corrected chi connectivity index (χ2v) is 12.0. The number of carboxylic acid groups (broad SMARTS) is 1. The van der Waals surface area contributed by atoms with Crippen molar-refractivity contribution in [3.05, 3.63) is 36.0 Å². The molecule has 238 valence electrons. The predicted octanol–water partition coefficient (Wildman–Crippen LogP) is 0.975. The first kappa shape index (κ1) is 32.5. The van der Waals surface area contributed by atoms with E-state index in [1.165, 1.54) is 4.90 Å². The number of carboxylic acids is 1. The lowest BCUT2D eigenvalue weighted by Gasteiger charge is -2.29. The Balaban J connectivity index is 1.75. The summed E-state index contributed by atoms with van der Waals surface area (Å²) in [4.78, 5) is 84.3. The Morgan fingerprint density at radius 1 is 0.909 bits per heavy atom. The summed E-state index contributed by atoms with van der Waals surface area (Å²) in [5.74, 6) is -4.46. The minimum absolute atomic E-state index is 0.00198. The number of carbonyl (C=O) groups is 6. The number of para-hydroxylation sites is 1. The third-order valence-electron chi connectivity index (χ3n) is 8.11. The Bertz CT molecular complexity index is 1400. The number of fused-ring (bicyclic) bond motifs is 2. The molecule has 2 aliphatic rings. The van der Waals surface area contributed by atoms with Gasteiger partial charge in [0.25, 0.3) is 0 Å². The summed E-state index contributed by atoms with van der Waals surface area (Å²) in [6.07, 6.45) is 3.01. The molecule has 2 saturated heterocycles. The van der Waals surface area contributed by atoms with E-state index >= 15 is 0 Å². The fourth-order valence-electron chi connectivity index (χ4n) is 5.95. The molecule has 13 heteroatoms. The number of carbonyl (C=O) groups excluding carboxylic acids is 5. The molecule has 0 saturated carbocycles. The molecule has 1 aromatic carbocycles. The Kier molecular flexibility index (Phi) is 10.6. The molecule has 0 bridgehead atoms. The molecular formula is C31H42N6O7. The van der Waals surface area contributed by atoms with Crippen molar-refractivity contribution in [1.29, 1.82) is 0 Å². The zero-order valence-corrected chi connectivity index (χ0v) is 25.4. The fourth-order valence-corrected chi connectivity index (χ4v) is 5.95. The standard InChI is InChI=1S/C31H42N6O7/c1-4-8-21-27(40)34-22(13-17(2)3)28(41)35-23(14-18-16-32-20-10-6-5-9-19(18)20)29(42)36-24(15-26(38)39)31(44)37-12-7-11-25(37)30(43)33-21/h5-6,9-10,16-17,21-25,32H,4,7-8,11-15H2,1-3H3,(H,33,43)(H,34,40)(H,35,41)(H,36,42)(H,38,39)/t21-,22+,23-,24-,25+/m0/s1. The average Bonchev–Trinajstić information content (AvgIpc) is 3.62. The first-order chi connectivity index (χ1) is 21.0. The number of hydrogen-bond donors (Lipinski definition) is 6. The van der Waals surface area contributed by atoms with Crippen LogP contribution in [-0.2, 0) is 35.2 Å². The highest BCUT2D eigenvalue weighted by molar-refractivity contribution is 5.99. The van der Waals surface area contributed by atoms with Gasteiger partial charge in [0.05, 0.1) is 6.42 Å². The molecule has 0 unspecified atom stereocenters. The fraction of sp³-hybridized carbons (Fsp3) is 0.548. The summed E-state index contributed by atoms with van der Waals surface area (Å²) in [6.45, 7) is 5.85. The number of amides is 5. The van der Waals surface area contributed by atoms with Crippen molar-refractivity contribution in [3.63, 3.8) is 0 Å². The van der Waals surface area contributed by atoms with Gasteiger partial charge in [-0.2, -0.15) is 0 Å². The Morgan fingerprint density at radius 3 is 2.25 bits per heavy atom. The molecule has 0 spiro atoms. The molecule has 0 aliphatic carbocycles. The van der Waals surface area contributed by atoms with Gasteiger partial charge in [-0.05, 0) is 43.2 Å². The minimum atomic E-state index is -1.47. The molecule has 6 N–H and O–H groups in total. The number of H-pyrrole nitrogens is 1. The molecule has 13 nitrogen and oxygen atoms in total. The van der Waals surface area contributed by atoms with Crippen LogP contribution in [0.2, 0.25) is 0 Å². The van der Waals surface area contributed by atoms with Gasteiger partial charge >= 0.3 is 5.97 Å². The van der Waals surface area contributed by atoms with E-state index in [9.17, 15) is 33.9 Å². The molecule has 4 rings (SSSR count). The Morgan fingerprint density at radius 2 is 1.55 bits per heavy atom. The maximum absolute atomic E-state index is 13.8. The lowest BCUT2D eigenvalue weighted by Crippen LogP contribution is -2.58. The lowest BCUT2D eigenvalue weighted by atomic mass is 10.00. The van der Waals surface area contributed by atoms with Crippen molar-refractivity contribution >= 4 is 46.4 Å². The molecule has 3 heterocycles. The molecule has 0 radical (unpaired) electrons. The van der Waals surface area contributed by atoms with Gasteiger partial charge in [0, 0.05) is 30.1 Å². The quantitative estimate of drug-likeness (QED) is 0.257. The molecule has 5 atom stereocenters. The Labute approximate surface area is 255 Å². The van der Waals surface area contributed by atoms with Gasteiger partial charge in [0.15, 0.2) is 0 Å². The topological polar surface area (TPSA) is 190 Å². The van der Waals surface area contributed by atoms with Crippen molar-refractivity contribution in [3.8, 4) is 0 Å². The largest absolute Gasteiger partial charge is 0.481 e. The number of aromatic amines is 1. The lowest BCUT2D eigenvalue weighted by molar-refractivity contribution is -0.146. The maximum Gasteiger partial charge on any atom is 0.305 e. The monoisotopic (exact) mass is 610 g/mol. The summed E-state index contributed by atoms with van der Waals surface area (Å²) in [5, 5.41) is 21.3. The first-order valence-corrected chi connectivity index (χ1v) is 15.3. The molecule has 2 aromatic rings. The van der Waals surface area contributed by atoms with Crippen LogP contribution >= 0.6 is 0 Å². The van der Waals surface area contributed by atoms with Crippen LogP contribution in [-0.4, -0.2) is 87.2 Å². The zero-order chi connectivity index (χ0) is 32.0. The average molecular weight is 611 g/mol. The van der Waals surface area contributed by atoms with E-state index in [2.05, 4.69) is 26.3 Å². The van der Waals surface area contributed by atoms with Crippen LogP contribution in [0.25, 0.3) is 10.9 Å². The number of benzene rings is 1. The van der Waals surface area contributed by atoms with Crippen LogP contribution in [0, 0.1) is 5.92 Å². The SMILES string of the molecule is CCC[C@@H]1NC(=O)[C@H]2CCCN2C(=O)[C@H](CC(=O)O)NC(=O)[C@H](Cc2c[nH]c3ccccc23)NC(=O)[C@@H](CC(C)C)NC1=O. The van der Waals surface area contributed by atoms with E-state index in [1.54, 1.807) is 6.20 Å². The smallest absolute Gasteiger partial charge is 0.305 e. The van der Waals surface area contributed by atoms with E-state index in [1.807, 2.05) is 45.0 Å². The van der Waals surface area contributed by atoms with Gasteiger partial charge in [-0.3, -0.25) is 28.8 Å². The number of aromatic nitrogens is 1. The van der Waals surface area contributed by atoms with Crippen molar-refractivity contribution in [1.82, 2.24) is 31.2 Å². The molecule has 1 aromatic heterocycles. The highest BCUT2D eigenvalue weighted by Crippen LogP contribution is 2.22. The molecular weight excluding hydrogens is 568 g/mol. The van der Waals surface area contributed by atoms with E-state index < -0.39 is 72.1 Å². The van der Waals surface area contributed by atoms with E-state index in [4.69, 9.17) is 0 Å². The van der Waals surface area contributed by atoms with Crippen LogP contribution in [0.4, 0.5) is 0 Å². The van der Waals surface area contributed by atoms with Gasteiger partial charge in [-0.15, -0.1) is 0 Å². The van der Waals surface area contributed by atoms with Gasteiger partial charge < -0.3 is 36.3 Å². The number of rotatable bonds is 8. The predicted molar refractivity (Wildman–Crippen MR) is 161 cm³/mol. The minimum Gasteiger partial charge on any atom is -0.481 e. The van der Waals surface area contributed by atoms with E-state index in [0.717, 1.165) is 16.5 Å². The molecule has 2 fully saturated rings. The summed E-state index contributed by atoms with van der Waals surface area (Å²) >= 11 is 0. The summed E-state index contributed by atoms with van der Waals surface area (Å²) in [5.41, 5.74) is 1.55. The third-order valence-corrected chi connectivity index (χ3v) is 8.11. The van der Waals surface area contributed by atoms with Gasteiger partial charge in [-0.1, -0.05) is 45.4 Å². The molecule has 44 heavy (non-hydrogen) atoms. The second kappa shape index (κ2) is 14.4. The normalized spacial score (nSPS) is 25.5. The van der Waals surface area contributed by atoms with E-state index in [0.29, 0.717) is 25.7 Å². The van der Waals surface area contributed by atoms with E-state index in [-0.39, 0.29) is 25.3 Å². The van der Waals surface area contributed by atoms with Crippen LogP contribution in [0.5, 0.6) is 0 Å².